The van der Waals surface area contributed by atoms with Crippen LogP contribution in [0.15, 0.2) is 24.3 Å². The molecule has 21 heavy (non-hydrogen) atoms. The highest BCUT2D eigenvalue weighted by molar-refractivity contribution is 6.33. The van der Waals surface area contributed by atoms with Crippen molar-refractivity contribution in [2.75, 3.05) is 12.4 Å². The van der Waals surface area contributed by atoms with Crippen LogP contribution in [-0.2, 0) is 14.3 Å². The maximum absolute atomic E-state index is 11.7. The highest BCUT2D eigenvalue weighted by atomic mass is 35.5. The molecule has 0 spiro atoms. The van der Waals surface area contributed by atoms with Gasteiger partial charge in [0, 0.05) is 6.42 Å². The smallest absolute Gasteiger partial charge is 0.326 e. The summed E-state index contributed by atoms with van der Waals surface area (Å²) in [5.41, 5.74) is 0.355. The van der Waals surface area contributed by atoms with Crippen LogP contribution in [0.25, 0.3) is 0 Å². The number of carbonyl (C=O) groups excluding carboxylic acids is 2. The fourth-order valence-corrected chi connectivity index (χ4v) is 1.68. The lowest BCUT2D eigenvalue weighted by molar-refractivity contribution is -0.142. The molecule has 0 bridgehead atoms. The number of carboxylic acid groups (broad SMARTS) is 1. The summed E-state index contributed by atoms with van der Waals surface area (Å²) < 4.78 is 4.42. The number of aliphatic carboxylic acids is 1. The second-order valence-corrected chi connectivity index (χ2v) is 4.49. The lowest BCUT2D eigenvalue weighted by Crippen LogP contribution is -2.43. The van der Waals surface area contributed by atoms with Gasteiger partial charge in [0.15, 0.2) is 0 Å². The van der Waals surface area contributed by atoms with Crippen LogP contribution in [0.1, 0.15) is 12.8 Å². The Morgan fingerprint density at radius 1 is 1.33 bits per heavy atom. The maximum Gasteiger partial charge on any atom is 0.326 e. The quantitative estimate of drug-likeness (QED) is 0.695. The Balaban J connectivity index is 2.58. The number of carboxylic acids is 1. The Kier molecular flexibility index (Phi) is 6.48. The van der Waals surface area contributed by atoms with Crippen LogP contribution in [0.2, 0.25) is 5.02 Å². The van der Waals surface area contributed by atoms with Gasteiger partial charge in [-0.1, -0.05) is 23.7 Å². The van der Waals surface area contributed by atoms with E-state index in [2.05, 4.69) is 15.4 Å². The van der Waals surface area contributed by atoms with E-state index in [1.54, 1.807) is 24.3 Å². The molecule has 114 valence electrons. The molecular formula is C13H15ClN2O5. The molecule has 0 fully saturated rings. The molecule has 1 aromatic rings. The van der Waals surface area contributed by atoms with Crippen LogP contribution in [0.5, 0.6) is 0 Å². The largest absolute Gasteiger partial charge is 0.480 e. The molecule has 1 rings (SSSR count). The van der Waals surface area contributed by atoms with E-state index in [1.165, 1.54) is 7.11 Å². The van der Waals surface area contributed by atoms with Crippen LogP contribution in [0.4, 0.5) is 10.5 Å². The SMILES string of the molecule is COC(=O)CCC(NC(=O)Nc1ccccc1Cl)C(=O)O. The van der Waals surface area contributed by atoms with Crippen LogP contribution >= 0.6 is 11.6 Å². The first-order chi connectivity index (χ1) is 9.93. The van der Waals surface area contributed by atoms with Crippen molar-refractivity contribution in [2.24, 2.45) is 0 Å². The number of anilines is 1. The number of benzene rings is 1. The fourth-order valence-electron chi connectivity index (χ4n) is 1.50. The zero-order valence-corrected chi connectivity index (χ0v) is 12.0. The molecule has 0 aromatic heterocycles. The van der Waals surface area contributed by atoms with Crippen molar-refractivity contribution in [3.63, 3.8) is 0 Å². The highest BCUT2D eigenvalue weighted by Gasteiger charge is 2.21. The number of nitrogens with one attached hydrogen (secondary N) is 2. The molecule has 0 saturated carbocycles. The van der Waals surface area contributed by atoms with Crippen molar-refractivity contribution >= 4 is 35.3 Å². The maximum atomic E-state index is 11.7. The minimum absolute atomic E-state index is 0.0715. The van der Waals surface area contributed by atoms with E-state index in [0.717, 1.165) is 0 Å². The van der Waals surface area contributed by atoms with Crippen LogP contribution in [-0.4, -0.2) is 36.2 Å². The molecule has 7 nitrogen and oxygen atoms in total. The first-order valence-electron chi connectivity index (χ1n) is 6.05. The predicted octanol–water partition coefficient (Wildman–Crippen LogP) is 1.87. The van der Waals surface area contributed by atoms with Gasteiger partial charge in [0.05, 0.1) is 17.8 Å². The summed E-state index contributed by atoms with van der Waals surface area (Å²) in [7, 11) is 1.20. The molecule has 0 aliphatic rings. The van der Waals surface area contributed by atoms with Crippen molar-refractivity contribution in [1.29, 1.82) is 0 Å². The third-order valence-electron chi connectivity index (χ3n) is 2.59. The molecule has 3 N–H and O–H groups in total. The lowest BCUT2D eigenvalue weighted by atomic mass is 10.1. The number of halogens is 1. The molecule has 2 amide bonds. The first-order valence-corrected chi connectivity index (χ1v) is 6.43. The topological polar surface area (TPSA) is 105 Å². The Labute approximate surface area is 126 Å². The van der Waals surface area contributed by atoms with Gasteiger partial charge in [0.1, 0.15) is 6.04 Å². The summed E-state index contributed by atoms with van der Waals surface area (Å²) in [5.74, 6) is -1.79. The van der Waals surface area contributed by atoms with Gasteiger partial charge in [-0.25, -0.2) is 9.59 Å². The van der Waals surface area contributed by atoms with E-state index in [9.17, 15) is 14.4 Å². The molecule has 8 heteroatoms. The number of methoxy groups -OCH3 is 1. The number of hydrogen-bond donors (Lipinski definition) is 3. The average Bonchev–Trinajstić information content (AvgIpc) is 2.45. The molecule has 0 aliphatic carbocycles. The van der Waals surface area contributed by atoms with E-state index in [0.29, 0.717) is 10.7 Å². The summed E-state index contributed by atoms with van der Waals surface area (Å²) in [6.07, 6.45) is -0.183. The van der Waals surface area contributed by atoms with Crippen LogP contribution in [0, 0.1) is 0 Å². The zero-order chi connectivity index (χ0) is 15.8. The Morgan fingerprint density at radius 3 is 2.57 bits per heavy atom. The standard InChI is InChI=1S/C13H15ClN2O5/c1-21-11(17)7-6-10(12(18)19)16-13(20)15-9-5-3-2-4-8(9)14/h2-5,10H,6-7H2,1H3,(H,18,19)(H2,15,16,20). The number of hydrogen-bond acceptors (Lipinski definition) is 4. The highest BCUT2D eigenvalue weighted by Crippen LogP contribution is 2.20. The summed E-state index contributed by atoms with van der Waals surface area (Å²) in [6, 6.07) is 4.61. The Bertz CT molecular complexity index is 535. The van der Waals surface area contributed by atoms with Crippen molar-refractivity contribution in [1.82, 2.24) is 5.32 Å². The summed E-state index contributed by atoms with van der Waals surface area (Å²) >= 11 is 5.87. The van der Waals surface area contributed by atoms with Gasteiger partial charge in [-0.2, -0.15) is 0 Å². The number of esters is 1. The first kappa shape index (κ1) is 16.8. The van der Waals surface area contributed by atoms with Crippen molar-refractivity contribution < 1.29 is 24.2 Å². The normalized spacial score (nSPS) is 11.3. The average molecular weight is 315 g/mol. The van der Waals surface area contributed by atoms with E-state index in [1.807, 2.05) is 0 Å². The van der Waals surface area contributed by atoms with Crippen molar-refractivity contribution in [3.8, 4) is 0 Å². The molecule has 0 heterocycles. The minimum Gasteiger partial charge on any atom is -0.480 e. The number of carbonyl (C=O) groups is 3. The van der Waals surface area contributed by atoms with Gasteiger partial charge < -0.3 is 20.5 Å². The lowest BCUT2D eigenvalue weighted by Gasteiger charge is -2.15. The van der Waals surface area contributed by atoms with Crippen LogP contribution < -0.4 is 10.6 Å². The number of ether oxygens (including phenoxy) is 1. The zero-order valence-electron chi connectivity index (χ0n) is 11.3. The molecule has 1 aromatic carbocycles. The van der Waals surface area contributed by atoms with Gasteiger partial charge in [-0.05, 0) is 18.6 Å². The number of para-hydroxylation sites is 1. The number of urea groups is 1. The number of amides is 2. The Hall–Kier alpha value is -2.28. The summed E-state index contributed by atoms with van der Waals surface area (Å²) in [6.45, 7) is 0. The molecule has 0 saturated heterocycles. The summed E-state index contributed by atoms with van der Waals surface area (Å²) in [5, 5.41) is 14.0. The van der Waals surface area contributed by atoms with Gasteiger partial charge in [-0.15, -0.1) is 0 Å². The van der Waals surface area contributed by atoms with E-state index in [-0.39, 0.29) is 12.8 Å². The molecular weight excluding hydrogens is 300 g/mol. The van der Waals surface area contributed by atoms with Gasteiger partial charge >= 0.3 is 18.0 Å². The Morgan fingerprint density at radius 2 is 2.00 bits per heavy atom. The molecule has 0 radical (unpaired) electrons. The second-order valence-electron chi connectivity index (χ2n) is 4.08. The van der Waals surface area contributed by atoms with Gasteiger partial charge in [0.25, 0.3) is 0 Å². The second kappa shape index (κ2) is 8.11. The molecule has 0 aliphatic heterocycles. The van der Waals surface area contributed by atoms with Crippen LogP contribution in [0.3, 0.4) is 0 Å². The predicted molar refractivity (Wildman–Crippen MR) is 76.3 cm³/mol. The van der Waals surface area contributed by atoms with E-state index >= 15 is 0 Å². The van der Waals surface area contributed by atoms with Gasteiger partial charge in [0.2, 0.25) is 0 Å². The van der Waals surface area contributed by atoms with Gasteiger partial charge in [-0.3, -0.25) is 4.79 Å². The van der Waals surface area contributed by atoms with E-state index < -0.39 is 24.0 Å². The third kappa shape index (κ3) is 5.70. The third-order valence-corrected chi connectivity index (χ3v) is 2.92. The minimum atomic E-state index is -1.24. The van der Waals surface area contributed by atoms with Crippen molar-refractivity contribution in [2.45, 2.75) is 18.9 Å². The van der Waals surface area contributed by atoms with E-state index in [4.69, 9.17) is 16.7 Å². The fraction of sp³-hybridized carbons (Fsp3) is 0.308. The summed E-state index contributed by atoms with van der Waals surface area (Å²) in [4.78, 5) is 33.8. The molecule has 1 atom stereocenters. The number of rotatable bonds is 6. The monoisotopic (exact) mass is 314 g/mol. The molecule has 1 unspecified atom stereocenters. The van der Waals surface area contributed by atoms with Crippen molar-refractivity contribution in [3.05, 3.63) is 29.3 Å².